The van der Waals surface area contributed by atoms with Gasteiger partial charge in [-0.1, -0.05) is 0 Å². The van der Waals surface area contributed by atoms with Crippen molar-refractivity contribution in [2.75, 3.05) is 23.7 Å². The van der Waals surface area contributed by atoms with Crippen LogP contribution in [0.5, 0.6) is 11.8 Å². The number of anilines is 2. The molecule has 0 atom stereocenters. The molecule has 1 heterocycles. The van der Waals surface area contributed by atoms with Crippen LogP contribution < -0.4 is 15.4 Å². The van der Waals surface area contributed by atoms with Gasteiger partial charge >= 0.3 is 6.01 Å². The Morgan fingerprint density at radius 2 is 1.82 bits per heavy atom. The molecule has 1 aromatic carbocycles. The van der Waals surface area contributed by atoms with Crippen LogP contribution in [0.4, 0.5) is 17.6 Å². The number of nitrogens with two attached hydrogens (primary N) is 1. The van der Waals surface area contributed by atoms with E-state index in [1.54, 1.807) is 0 Å². The predicted molar refractivity (Wildman–Crippen MR) is 81.0 cm³/mol. The number of benzene rings is 1. The first-order valence-corrected chi connectivity index (χ1v) is 6.72. The third kappa shape index (κ3) is 3.57. The summed E-state index contributed by atoms with van der Waals surface area (Å²) in [6.45, 7) is 5.38. The molecule has 0 saturated carbocycles. The molecule has 0 aliphatic rings. The van der Waals surface area contributed by atoms with E-state index >= 15 is 0 Å². The maximum Gasteiger partial charge on any atom is 0.328 e. The largest absolute Gasteiger partial charge is 0.424 e. The quantitative estimate of drug-likeness (QED) is 0.635. The second-order valence-corrected chi connectivity index (χ2v) is 4.30. The number of aromatic nitrogens is 3. The van der Waals surface area contributed by atoms with Crippen LogP contribution in [0.2, 0.25) is 0 Å². The number of nitro groups is 1. The van der Waals surface area contributed by atoms with Gasteiger partial charge in [0.15, 0.2) is 0 Å². The fourth-order valence-electron chi connectivity index (χ4n) is 1.80. The van der Waals surface area contributed by atoms with E-state index in [1.165, 1.54) is 24.3 Å². The van der Waals surface area contributed by atoms with E-state index in [2.05, 4.69) is 15.0 Å². The van der Waals surface area contributed by atoms with Crippen LogP contribution in [0.3, 0.4) is 0 Å². The van der Waals surface area contributed by atoms with Crippen molar-refractivity contribution in [2.24, 2.45) is 0 Å². The molecular weight excluding hydrogens is 288 g/mol. The molecule has 0 spiro atoms. The minimum Gasteiger partial charge on any atom is -0.424 e. The Morgan fingerprint density at radius 1 is 1.18 bits per heavy atom. The molecule has 0 aliphatic carbocycles. The number of hydrogen-bond donors (Lipinski definition) is 1. The summed E-state index contributed by atoms with van der Waals surface area (Å²) in [6.07, 6.45) is 0. The lowest BCUT2D eigenvalue weighted by molar-refractivity contribution is -0.384. The number of rotatable bonds is 6. The number of nitro benzene ring substituents is 1. The van der Waals surface area contributed by atoms with Crippen molar-refractivity contribution >= 4 is 17.6 Å². The Hall–Kier alpha value is -2.97. The Labute approximate surface area is 126 Å². The highest BCUT2D eigenvalue weighted by molar-refractivity contribution is 5.39. The number of nitrogens with zero attached hydrogens (tertiary/aromatic N) is 5. The lowest BCUT2D eigenvalue weighted by atomic mass is 10.3. The van der Waals surface area contributed by atoms with Crippen LogP contribution >= 0.6 is 0 Å². The van der Waals surface area contributed by atoms with E-state index < -0.39 is 4.92 Å². The Bertz CT molecular complexity index is 657. The van der Waals surface area contributed by atoms with Crippen molar-refractivity contribution in [1.29, 1.82) is 0 Å². The highest BCUT2D eigenvalue weighted by Gasteiger charge is 2.12. The van der Waals surface area contributed by atoms with Gasteiger partial charge in [-0.15, -0.1) is 0 Å². The summed E-state index contributed by atoms with van der Waals surface area (Å²) in [4.78, 5) is 24.2. The number of non-ortho nitro benzene ring substituents is 1. The maximum atomic E-state index is 10.6. The van der Waals surface area contributed by atoms with Crippen molar-refractivity contribution < 1.29 is 9.66 Å². The van der Waals surface area contributed by atoms with Crippen LogP contribution in [0, 0.1) is 10.1 Å². The monoisotopic (exact) mass is 304 g/mol. The summed E-state index contributed by atoms with van der Waals surface area (Å²) in [6, 6.07) is 5.66. The van der Waals surface area contributed by atoms with E-state index in [0.717, 1.165) is 13.1 Å². The zero-order chi connectivity index (χ0) is 16.1. The van der Waals surface area contributed by atoms with Crippen molar-refractivity contribution in [3.8, 4) is 11.8 Å². The Balaban J connectivity index is 2.23. The smallest absolute Gasteiger partial charge is 0.328 e. The molecule has 22 heavy (non-hydrogen) atoms. The van der Waals surface area contributed by atoms with Gasteiger partial charge in [-0.3, -0.25) is 10.1 Å². The molecule has 2 aromatic rings. The lowest BCUT2D eigenvalue weighted by Crippen LogP contribution is -2.25. The van der Waals surface area contributed by atoms with Gasteiger partial charge in [0.1, 0.15) is 5.75 Å². The third-order valence-electron chi connectivity index (χ3n) is 2.92. The Morgan fingerprint density at radius 3 is 2.36 bits per heavy atom. The van der Waals surface area contributed by atoms with Gasteiger partial charge in [-0.25, -0.2) is 0 Å². The van der Waals surface area contributed by atoms with Gasteiger partial charge in [-0.2, -0.15) is 15.0 Å². The molecule has 0 amide bonds. The lowest BCUT2D eigenvalue weighted by Gasteiger charge is -2.18. The van der Waals surface area contributed by atoms with Gasteiger partial charge in [0.25, 0.3) is 5.69 Å². The standard InChI is InChI=1S/C13H16N6O3/c1-3-18(4-2)12-15-11(14)16-13(17-12)22-10-7-5-9(6-8-10)19(20)21/h5-8H,3-4H2,1-2H3,(H2,14,15,16,17). The topological polar surface area (TPSA) is 120 Å². The minimum absolute atomic E-state index is 0.0219. The second kappa shape index (κ2) is 6.66. The molecule has 0 aliphatic heterocycles. The zero-order valence-corrected chi connectivity index (χ0v) is 12.3. The third-order valence-corrected chi connectivity index (χ3v) is 2.92. The highest BCUT2D eigenvalue weighted by Crippen LogP contribution is 2.23. The van der Waals surface area contributed by atoms with Crippen LogP contribution in [0.1, 0.15) is 13.8 Å². The van der Waals surface area contributed by atoms with Crippen molar-refractivity contribution in [1.82, 2.24) is 15.0 Å². The molecule has 2 rings (SSSR count). The first-order valence-electron chi connectivity index (χ1n) is 6.72. The van der Waals surface area contributed by atoms with Gasteiger partial charge in [-0.05, 0) is 26.0 Å². The first kappa shape index (κ1) is 15.4. The molecule has 9 nitrogen and oxygen atoms in total. The first-order chi connectivity index (χ1) is 10.5. The summed E-state index contributed by atoms with van der Waals surface area (Å²) in [5.41, 5.74) is 5.64. The molecule has 0 saturated heterocycles. The SMILES string of the molecule is CCN(CC)c1nc(N)nc(Oc2ccc([N+](=O)[O-])cc2)n1. The van der Waals surface area contributed by atoms with Gasteiger partial charge in [0, 0.05) is 25.2 Å². The number of nitrogen functional groups attached to an aromatic ring is 1. The summed E-state index contributed by atoms with van der Waals surface area (Å²) in [7, 11) is 0. The molecule has 0 bridgehead atoms. The van der Waals surface area contributed by atoms with Crippen molar-refractivity contribution in [2.45, 2.75) is 13.8 Å². The Kier molecular flexibility index (Phi) is 4.66. The van der Waals surface area contributed by atoms with Crippen molar-refractivity contribution in [3.63, 3.8) is 0 Å². The number of hydrogen-bond acceptors (Lipinski definition) is 8. The zero-order valence-electron chi connectivity index (χ0n) is 12.3. The molecule has 9 heteroatoms. The maximum absolute atomic E-state index is 10.6. The average molecular weight is 304 g/mol. The van der Waals surface area contributed by atoms with Gasteiger partial charge in [0.05, 0.1) is 4.92 Å². The molecule has 0 unspecified atom stereocenters. The molecule has 2 N–H and O–H groups in total. The molecule has 1 aromatic heterocycles. The van der Waals surface area contributed by atoms with E-state index in [4.69, 9.17) is 10.5 Å². The summed E-state index contributed by atoms with van der Waals surface area (Å²) >= 11 is 0. The fourth-order valence-corrected chi connectivity index (χ4v) is 1.80. The van der Waals surface area contributed by atoms with Gasteiger partial charge in [0.2, 0.25) is 11.9 Å². The highest BCUT2D eigenvalue weighted by atomic mass is 16.6. The summed E-state index contributed by atoms with van der Waals surface area (Å²) in [5.74, 6) is 0.852. The average Bonchev–Trinajstić information content (AvgIpc) is 2.48. The van der Waals surface area contributed by atoms with Crippen LogP contribution in [0.15, 0.2) is 24.3 Å². The van der Waals surface area contributed by atoms with E-state index in [0.29, 0.717) is 11.7 Å². The van der Waals surface area contributed by atoms with E-state index in [-0.39, 0.29) is 17.6 Å². The molecular formula is C13H16N6O3. The van der Waals surface area contributed by atoms with E-state index in [1.807, 2.05) is 18.7 Å². The van der Waals surface area contributed by atoms with Gasteiger partial charge < -0.3 is 15.4 Å². The van der Waals surface area contributed by atoms with E-state index in [9.17, 15) is 10.1 Å². The predicted octanol–water partition coefficient (Wildman–Crippen LogP) is 2.00. The fraction of sp³-hybridized carbons (Fsp3) is 0.308. The summed E-state index contributed by atoms with van der Waals surface area (Å²) < 4.78 is 5.48. The number of ether oxygens (including phenoxy) is 1. The molecule has 0 radical (unpaired) electrons. The van der Waals surface area contributed by atoms with Crippen LogP contribution in [-0.2, 0) is 0 Å². The van der Waals surface area contributed by atoms with Crippen LogP contribution in [-0.4, -0.2) is 33.0 Å². The molecule has 116 valence electrons. The van der Waals surface area contributed by atoms with Crippen LogP contribution in [0.25, 0.3) is 0 Å². The minimum atomic E-state index is -0.483. The second-order valence-electron chi connectivity index (χ2n) is 4.30. The molecule has 0 fully saturated rings. The normalized spacial score (nSPS) is 10.3. The summed E-state index contributed by atoms with van der Waals surface area (Å²) in [5, 5.41) is 10.6. The van der Waals surface area contributed by atoms with Crippen molar-refractivity contribution in [3.05, 3.63) is 34.4 Å².